The van der Waals surface area contributed by atoms with Crippen LogP contribution < -0.4 is 0 Å². The zero-order chi connectivity index (χ0) is 25.7. The third-order valence-electron chi connectivity index (χ3n) is 5.53. The predicted octanol–water partition coefficient (Wildman–Crippen LogP) is 2.46. The number of aromatic nitrogens is 12. The summed E-state index contributed by atoms with van der Waals surface area (Å²) in [6.07, 6.45) is 22.0. The summed E-state index contributed by atoms with van der Waals surface area (Å²) in [5.74, 6) is 5.35. The summed E-state index contributed by atoms with van der Waals surface area (Å²) in [5, 5.41) is 0. The van der Waals surface area contributed by atoms with E-state index in [2.05, 4.69) is 29.9 Å². The predicted molar refractivity (Wildman–Crippen MR) is 136 cm³/mol. The smallest absolute Gasteiger partial charge is 0.176 e. The van der Waals surface area contributed by atoms with E-state index in [0.29, 0.717) is 0 Å². The molecule has 6 aromatic heterocycles. The normalized spacial score (nSPS) is 10.2. The van der Waals surface area contributed by atoms with Gasteiger partial charge in [-0.15, -0.1) is 0 Å². The molecule has 6 rings (SSSR count). The van der Waals surface area contributed by atoms with Crippen molar-refractivity contribution in [3.63, 3.8) is 0 Å². The van der Waals surface area contributed by atoms with Gasteiger partial charge in [-0.3, -0.25) is 0 Å². The maximum atomic E-state index is 4.20. The van der Waals surface area contributed by atoms with Crippen molar-refractivity contribution in [2.45, 2.75) is 0 Å². The number of imidazole rings is 6. The van der Waals surface area contributed by atoms with Gasteiger partial charge in [-0.25, -0.2) is 29.9 Å². The molecule has 0 radical (unpaired) electrons. The molecule has 0 bridgehead atoms. The Balaban J connectivity index is 0.000000152. The van der Waals surface area contributed by atoms with Gasteiger partial charge in [0, 0.05) is 136 Å². The Hall–Kier alpha value is -4.10. The van der Waals surface area contributed by atoms with Crippen LogP contribution in [0.5, 0.6) is 0 Å². The quantitative estimate of drug-likeness (QED) is 0.285. The van der Waals surface area contributed by atoms with E-state index in [1.807, 2.05) is 107 Å². The molecule has 0 spiro atoms. The topological polar surface area (TPSA) is 107 Å². The maximum Gasteiger partial charge on any atom is 0.176 e. The fourth-order valence-corrected chi connectivity index (χ4v) is 3.49. The maximum absolute atomic E-state index is 4.20. The standard InChI is InChI=1S/3C8H10N4.Os/c3*1-11-5-3-9-7(11)8-10-4-6-12(8)2;/h3*3-6H,1-2H3;. The minimum Gasteiger partial charge on any atom is -0.331 e. The molecule has 0 amide bonds. The monoisotopic (exact) mass is 678 g/mol. The van der Waals surface area contributed by atoms with Gasteiger partial charge in [0.25, 0.3) is 0 Å². The van der Waals surface area contributed by atoms with Crippen LogP contribution in [0.2, 0.25) is 0 Å². The molecular formula is C24H30N12Os. The first kappa shape index (κ1) is 27.5. The molecule has 6 heterocycles. The number of hydrogen-bond donors (Lipinski definition) is 0. The second kappa shape index (κ2) is 12.2. The van der Waals surface area contributed by atoms with Gasteiger partial charge in [0.1, 0.15) is 0 Å². The number of nitrogens with zero attached hydrogens (tertiary/aromatic N) is 12. The van der Waals surface area contributed by atoms with Crippen molar-refractivity contribution in [2.24, 2.45) is 42.3 Å². The van der Waals surface area contributed by atoms with Gasteiger partial charge in [-0.05, 0) is 0 Å². The van der Waals surface area contributed by atoms with E-state index in [1.165, 1.54) is 0 Å². The van der Waals surface area contributed by atoms with Gasteiger partial charge < -0.3 is 27.4 Å². The summed E-state index contributed by atoms with van der Waals surface area (Å²) in [6.45, 7) is 0. The fraction of sp³-hybridized carbons (Fsp3) is 0.250. The first-order valence-corrected chi connectivity index (χ1v) is 11.2. The molecule has 0 atom stereocenters. The summed E-state index contributed by atoms with van der Waals surface area (Å²) in [4.78, 5) is 25.2. The molecular weight excluding hydrogens is 647 g/mol. The van der Waals surface area contributed by atoms with Crippen LogP contribution in [0, 0.1) is 0 Å². The largest absolute Gasteiger partial charge is 0.331 e. The second-order valence-electron chi connectivity index (χ2n) is 8.17. The molecule has 0 aliphatic carbocycles. The van der Waals surface area contributed by atoms with E-state index in [0.717, 1.165) is 34.9 Å². The molecule has 0 aliphatic rings. The SMILES string of the molecule is Cn1ccnc1-c1nccn1C.Cn1ccnc1-c1nccn1C.Cn1ccnc1-c1nccn1C.[Os]. The molecule has 0 saturated carbocycles. The van der Waals surface area contributed by atoms with Gasteiger partial charge >= 0.3 is 0 Å². The van der Waals surface area contributed by atoms with Gasteiger partial charge in [-0.2, -0.15) is 0 Å². The molecule has 194 valence electrons. The summed E-state index contributed by atoms with van der Waals surface area (Å²) < 4.78 is 11.7. The summed E-state index contributed by atoms with van der Waals surface area (Å²) in [7, 11) is 11.7. The summed E-state index contributed by atoms with van der Waals surface area (Å²) >= 11 is 0. The van der Waals surface area contributed by atoms with Crippen LogP contribution >= 0.6 is 0 Å². The van der Waals surface area contributed by atoms with Crippen molar-refractivity contribution in [3.8, 4) is 34.9 Å². The minimum absolute atomic E-state index is 0. The molecule has 0 fully saturated rings. The Bertz CT molecular complexity index is 1230. The molecule has 0 N–H and O–H groups in total. The fourth-order valence-electron chi connectivity index (χ4n) is 3.49. The van der Waals surface area contributed by atoms with E-state index in [1.54, 1.807) is 37.2 Å². The Labute approximate surface area is 228 Å². The molecule has 0 unspecified atom stereocenters. The van der Waals surface area contributed by atoms with Crippen molar-refractivity contribution in [1.82, 2.24) is 57.3 Å². The Morgan fingerprint density at radius 3 is 0.541 bits per heavy atom. The molecule has 12 nitrogen and oxygen atoms in total. The minimum atomic E-state index is 0. The molecule has 6 aromatic rings. The van der Waals surface area contributed by atoms with E-state index in [4.69, 9.17) is 0 Å². The zero-order valence-corrected chi connectivity index (χ0v) is 24.2. The van der Waals surface area contributed by atoms with E-state index < -0.39 is 0 Å². The van der Waals surface area contributed by atoms with E-state index >= 15 is 0 Å². The summed E-state index contributed by atoms with van der Waals surface area (Å²) in [6, 6.07) is 0. The van der Waals surface area contributed by atoms with Crippen LogP contribution in [0.1, 0.15) is 0 Å². The zero-order valence-electron chi connectivity index (χ0n) is 21.6. The first-order chi connectivity index (χ1) is 17.4. The third kappa shape index (κ3) is 6.18. The molecule has 0 aromatic carbocycles. The van der Waals surface area contributed by atoms with Gasteiger partial charge in [0.15, 0.2) is 34.9 Å². The Morgan fingerprint density at radius 1 is 0.324 bits per heavy atom. The van der Waals surface area contributed by atoms with Crippen LogP contribution in [0.4, 0.5) is 0 Å². The van der Waals surface area contributed by atoms with Gasteiger partial charge in [-0.1, -0.05) is 0 Å². The average Bonchev–Trinajstić information content (AvgIpc) is 3.67. The van der Waals surface area contributed by atoms with Gasteiger partial charge in [0.05, 0.1) is 0 Å². The number of aryl methyl sites for hydroxylation is 6. The third-order valence-corrected chi connectivity index (χ3v) is 5.53. The van der Waals surface area contributed by atoms with Crippen molar-refractivity contribution in [3.05, 3.63) is 74.4 Å². The van der Waals surface area contributed by atoms with Gasteiger partial charge in [0.2, 0.25) is 0 Å². The Morgan fingerprint density at radius 2 is 0.459 bits per heavy atom. The molecule has 37 heavy (non-hydrogen) atoms. The van der Waals surface area contributed by atoms with E-state index in [-0.39, 0.29) is 19.8 Å². The number of rotatable bonds is 3. The second-order valence-corrected chi connectivity index (χ2v) is 8.17. The molecule has 13 heteroatoms. The van der Waals surface area contributed by atoms with Crippen LogP contribution in [-0.4, -0.2) is 57.3 Å². The average molecular weight is 677 g/mol. The van der Waals surface area contributed by atoms with Crippen molar-refractivity contribution >= 4 is 0 Å². The summed E-state index contributed by atoms with van der Waals surface area (Å²) in [5.41, 5.74) is 0. The first-order valence-electron chi connectivity index (χ1n) is 11.2. The van der Waals surface area contributed by atoms with Crippen molar-refractivity contribution in [2.75, 3.05) is 0 Å². The van der Waals surface area contributed by atoms with Crippen LogP contribution in [0.3, 0.4) is 0 Å². The Kier molecular flexibility index (Phi) is 9.08. The van der Waals surface area contributed by atoms with Crippen LogP contribution in [0.15, 0.2) is 74.4 Å². The molecule has 0 aliphatic heterocycles. The number of hydrogen-bond acceptors (Lipinski definition) is 6. The van der Waals surface area contributed by atoms with Crippen LogP contribution in [0.25, 0.3) is 34.9 Å². The van der Waals surface area contributed by atoms with E-state index in [9.17, 15) is 0 Å². The van der Waals surface area contributed by atoms with Crippen molar-refractivity contribution in [1.29, 1.82) is 0 Å². The van der Waals surface area contributed by atoms with Crippen LogP contribution in [-0.2, 0) is 62.1 Å². The van der Waals surface area contributed by atoms with Crippen molar-refractivity contribution < 1.29 is 19.8 Å². The molecule has 0 saturated heterocycles.